The molecule has 7 nitrogen and oxygen atoms in total. The molecule has 0 saturated heterocycles. The summed E-state index contributed by atoms with van der Waals surface area (Å²) >= 11 is 1.51. The van der Waals surface area contributed by atoms with Crippen molar-refractivity contribution in [2.45, 2.75) is 11.4 Å². The van der Waals surface area contributed by atoms with Crippen molar-refractivity contribution in [3.63, 3.8) is 0 Å². The lowest BCUT2D eigenvalue weighted by atomic mass is 10.2. The van der Waals surface area contributed by atoms with Gasteiger partial charge in [-0.05, 0) is 42.0 Å². The summed E-state index contributed by atoms with van der Waals surface area (Å²) in [7, 11) is 0. The van der Waals surface area contributed by atoms with E-state index in [1.54, 1.807) is 11.1 Å². The standard InChI is InChI=1S/C23H19N5O2S/c29-22-14-31-21-9-8-18(11-20(21)28(22)13-15-4-2-1-3-5-15)26-23(30)25-17-7-6-16-12-24-27-19(16)10-17/h1-12H,13-14H2,(H,24,27)(H2,25,26,30). The Kier molecular flexibility index (Phi) is 5.05. The minimum Gasteiger partial charge on any atom is -0.308 e. The minimum atomic E-state index is -0.358. The number of hydrogen-bond acceptors (Lipinski definition) is 4. The molecule has 0 bridgehead atoms. The third-order valence-electron chi connectivity index (χ3n) is 5.04. The number of rotatable bonds is 4. The van der Waals surface area contributed by atoms with Crippen LogP contribution in [-0.4, -0.2) is 27.9 Å². The quantitative estimate of drug-likeness (QED) is 0.433. The zero-order chi connectivity index (χ0) is 21.2. The molecule has 0 spiro atoms. The van der Waals surface area contributed by atoms with Gasteiger partial charge in [0.25, 0.3) is 0 Å². The number of fused-ring (bicyclic) bond motifs is 2. The van der Waals surface area contributed by atoms with E-state index >= 15 is 0 Å². The van der Waals surface area contributed by atoms with Crippen LogP contribution in [0.4, 0.5) is 21.9 Å². The van der Waals surface area contributed by atoms with E-state index in [0.717, 1.165) is 27.0 Å². The Morgan fingerprint density at radius 1 is 1.03 bits per heavy atom. The average molecular weight is 430 g/mol. The summed E-state index contributed by atoms with van der Waals surface area (Å²) in [4.78, 5) is 27.9. The maximum absolute atomic E-state index is 12.6. The molecule has 1 aromatic heterocycles. The fraction of sp³-hybridized carbons (Fsp3) is 0.0870. The molecule has 3 aromatic carbocycles. The molecular formula is C23H19N5O2S. The summed E-state index contributed by atoms with van der Waals surface area (Å²) in [6.45, 7) is 0.493. The van der Waals surface area contributed by atoms with Crippen molar-refractivity contribution >= 4 is 51.7 Å². The number of urea groups is 1. The summed E-state index contributed by atoms with van der Waals surface area (Å²) < 4.78 is 0. The highest BCUT2D eigenvalue weighted by molar-refractivity contribution is 8.00. The Hall–Kier alpha value is -3.78. The molecule has 31 heavy (non-hydrogen) atoms. The van der Waals surface area contributed by atoms with Crippen molar-refractivity contribution in [3.05, 3.63) is 78.5 Å². The maximum atomic E-state index is 12.6. The molecule has 2 heterocycles. The second-order valence-electron chi connectivity index (χ2n) is 7.19. The minimum absolute atomic E-state index is 0.0517. The van der Waals surface area contributed by atoms with E-state index < -0.39 is 0 Å². The van der Waals surface area contributed by atoms with Gasteiger partial charge < -0.3 is 15.5 Å². The Balaban J connectivity index is 1.34. The van der Waals surface area contributed by atoms with Crippen LogP contribution in [0.2, 0.25) is 0 Å². The zero-order valence-corrected chi connectivity index (χ0v) is 17.3. The summed E-state index contributed by atoms with van der Waals surface area (Å²) in [5, 5.41) is 13.5. The van der Waals surface area contributed by atoms with Crippen LogP contribution in [0.15, 0.2) is 77.8 Å². The van der Waals surface area contributed by atoms with Gasteiger partial charge in [0.1, 0.15) is 0 Å². The molecule has 0 radical (unpaired) electrons. The van der Waals surface area contributed by atoms with E-state index in [4.69, 9.17) is 0 Å². The normalized spacial score (nSPS) is 13.2. The van der Waals surface area contributed by atoms with Crippen LogP contribution in [0.25, 0.3) is 10.9 Å². The summed E-state index contributed by atoms with van der Waals surface area (Å²) in [6, 6.07) is 20.7. The van der Waals surface area contributed by atoms with Crippen molar-refractivity contribution in [2.75, 3.05) is 21.3 Å². The highest BCUT2D eigenvalue weighted by atomic mass is 32.2. The fourth-order valence-electron chi connectivity index (χ4n) is 3.53. The van der Waals surface area contributed by atoms with Gasteiger partial charge in [0.2, 0.25) is 5.91 Å². The van der Waals surface area contributed by atoms with Crippen molar-refractivity contribution < 1.29 is 9.59 Å². The summed E-state index contributed by atoms with van der Waals surface area (Å²) in [5.41, 5.74) is 3.98. The number of carbonyl (C=O) groups excluding carboxylic acids is 2. The number of carbonyl (C=O) groups is 2. The van der Waals surface area contributed by atoms with Crippen molar-refractivity contribution in [2.24, 2.45) is 0 Å². The maximum Gasteiger partial charge on any atom is 0.323 e. The van der Waals surface area contributed by atoms with Gasteiger partial charge in [-0.3, -0.25) is 9.89 Å². The van der Waals surface area contributed by atoms with Gasteiger partial charge in [-0.1, -0.05) is 30.3 Å². The van der Waals surface area contributed by atoms with Gasteiger partial charge in [-0.15, -0.1) is 11.8 Å². The Bertz CT molecular complexity index is 1270. The second-order valence-corrected chi connectivity index (χ2v) is 8.20. The van der Waals surface area contributed by atoms with E-state index in [0.29, 0.717) is 23.7 Å². The van der Waals surface area contributed by atoms with Gasteiger partial charge in [-0.2, -0.15) is 5.10 Å². The molecule has 1 aliphatic rings. The number of nitrogens with one attached hydrogen (secondary N) is 3. The number of nitrogens with zero attached hydrogens (tertiary/aromatic N) is 2. The van der Waals surface area contributed by atoms with Crippen LogP contribution in [0, 0.1) is 0 Å². The lowest BCUT2D eigenvalue weighted by Crippen LogP contribution is -2.34. The third-order valence-corrected chi connectivity index (χ3v) is 6.09. The molecule has 154 valence electrons. The van der Waals surface area contributed by atoms with Crippen LogP contribution in [0.1, 0.15) is 5.56 Å². The van der Waals surface area contributed by atoms with E-state index in [1.165, 1.54) is 11.8 Å². The molecule has 0 saturated carbocycles. The highest BCUT2D eigenvalue weighted by Crippen LogP contribution is 2.38. The van der Waals surface area contributed by atoms with Crippen molar-refractivity contribution in [1.29, 1.82) is 0 Å². The first-order valence-electron chi connectivity index (χ1n) is 9.78. The number of hydrogen-bond donors (Lipinski definition) is 3. The molecule has 3 N–H and O–H groups in total. The van der Waals surface area contributed by atoms with Crippen LogP contribution >= 0.6 is 11.8 Å². The van der Waals surface area contributed by atoms with Gasteiger partial charge >= 0.3 is 6.03 Å². The topological polar surface area (TPSA) is 90.1 Å². The van der Waals surface area contributed by atoms with Crippen molar-refractivity contribution in [1.82, 2.24) is 10.2 Å². The molecule has 8 heteroatoms. The SMILES string of the molecule is O=C(Nc1ccc2c(c1)N(Cc1ccccc1)C(=O)CS2)Nc1ccc2cn[nH]c2c1. The first-order valence-corrected chi connectivity index (χ1v) is 10.8. The largest absolute Gasteiger partial charge is 0.323 e. The summed E-state index contributed by atoms with van der Waals surface area (Å²) in [6.07, 6.45) is 1.73. The number of H-pyrrole nitrogens is 1. The van der Waals surface area contributed by atoms with Crippen molar-refractivity contribution in [3.8, 4) is 0 Å². The second kappa shape index (κ2) is 8.16. The monoisotopic (exact) mass is 429 g/mol. The Morgan fingerprint density at radius 2 is 1.81 bits per heavy atom. The van der Waals surface area contributed by atoms with E-state index in [-0.39, 0.29) is 11.9 Å². The number of amides is 3. The Labute approximate surface area is 182 Å². The third kappa shape index (κ3) is 4.10. The average Bonchev–Trinajstić information content (AvgIpc) is 3.24. The zero-order valence-electron chi connectivity index (χ0n) is 16.5. The molecule has 0 atom stereocenters. The molecular weight excluding hydrogens is 410 g/mol. The fourth-order valence-corrected chi connectivity index (χ4v) is 4.44. The highest BCUT2D eigenvalue weighted by Gasteiger charge is 2.25. The number of anilines is 3. The van der Waals surface area contributed by atoms with Crippen LogP contribution in [0.5, 0.6) is 0 Å². The number of benzene rings is 3. The smallest absolute Gasteiger partial charge is 0.308 e. The number of aromatic nitrogens is 2. The lowest BCUT2D eigenvalue weighted by Gasteiger charge is -2.29. The van der Waals surface area contributed by atoms with Crippen LogP contribution in [-0.2, 0) is 11.3 Å². The first-order chi connectivity index (χ1) is 15.2. The molecule has 3 amide bonds. The van der Waals surface area contributed by atoms with Gasteiger partial charge in [0.05, 0.1) is 29.7 Å². The molecule has 0 unspecified atom stereocenters. The molecule has 0 aliphatic carbocycles. The van der Waals surface area contributed by atoms with Crippen LogP contribution < -0.4 is 15.5 Å². The summed E-state index contributed by atoms with van der Waals surface area (Å²) in [5.74, 6) is 0.458. The van der Waals surface area contributed by atoms with E-state index in [9.17, 15) is 9.59 Å². The van der Waals surface area contributed by atoms with E-state index in [2.05, 4.69) is 20.8 Å². The van der Waals surface area contributed by atoms with E-state index in [1.807, 2.05) is 66.7 Å². The molecule has 4 aromatic rings. The number of aromatic amines is 1. The molecule has 1 aliphatic heterocycles. The molecule has 5 rings (SSSR count). The molecule has 0 fully saturated rings. The predicted molar refractivity (Wildman–Crippen MR) is 124 cm³/mol. The first kappa shape index (κ1) is 19.2. The Morgan fingerprint density at radius 3 is 2.65 bits per heavy atom. The van der Waals surface area contributed by atoms with Crippen LogP contribution in [0.3, 0.4) is 0 Å². The number of thioether (sulfide) groups is 1. The van der Waals surface area contributed by atoms with Gasteiger partial charge in [-0.25, -0.2) is 4.79 Å². The van der Waals surface area contributed by atoms with Gasteiger partial charge in [0.15, 0.2) is 0 Å². The van der Waals surface area contributed by atoms with Gasteiger partial charge in [0, 0.05) is 21.7 Å². The lowest BCUT2D eigenvalue weighted by molar-refractivity contribution is -0.116. The predicted octanol–water partition coefficient (Wildman–Crippen LogP) is 4.85.